The van der Waals surface area contributed by atoms with Gasteiger partial charge in [-0.3, -0.25) is 9.48 Å². The van der Waals surface area contributed by atoms with Crippen molar-refractivity contribution in [3.63, 3.8) is 0 Å². The molecule has 0 fully saturated rings. The van der Waals surface area contributed by atoms with Crippen molar-refractivity contribution in [2.75, 3.05) is 14.2 Å². The summed E-state index contributed by atoms with van der Waals surface area (Å²) >= 11 is 6.09. The Hall–Kier alpha value is -2.01. The quantitative estimate of drug-likeness (QED) is 0.795. The Morgan fingerprint density at radius 3 is 2.65 bits per heavy atom. The van der Waals surface area contributed by atoms with Gasteiger partial charge in [0.1, 0.15) is 0 Å². The SMILES string of the molecule is COc1cc(C(=O)Cc2ccn(C)n2)cc(Cl)c1OC. The van der Waals surface area contributed by atoms with Crippen LogP contribution >= 0.6 is 11.6 Å². The number of aromatic nitrogens is 2. The molecular formula is C14H15ClN2O3. The zero-order valence-corrected chi connectivity index (χ0v) is 12.3. The number of Topliss-reactive ketones (excluding diaryl/α,β-unsaturated/α-hetero) is 1. The third kappa shape index (κ3) is 2.93. The molecule has 0 amide bonds. The molecule has 5 nitrogen and oxygen atoms in total. The minimum Gasteiger partial charge on any atom is -0.493 e. The average Bonchev–Trinajstić information content (AvgIpc) is 2.82. The molecule has 0 unspecified atom stereocenters. The fraction of sp³-hybridized carbons (Fsp3) is 0.286. The second kappa shape index (κ2) is 5.96. The molecular weight excluding hydrogens is 280 g/mol. The van der Waals surface area contributed by atoms with Crippen LogP contribution in [0.2, 0.25) is 5.02 Å². The van der Waals surface area contributed by atoms with Crippen LogP contribution < -0.4 is 9.47 Å². The zero-order chi connectivity index (χ0) is 14.7. The van der Waals surface area contributed by atoms with E-state index in [1.807, 2.05) is 0 Å². The van der Waals surface area contributed by atoms with Crippen LogP contribution in [0.25, 0.3) is 0 Å². The third-order valence-electron chi connectivity index (χ3n) is 2.87. The third-order valence-corrected chi connectivity index (χ3v) is 3.15. The molecule has 0 atom stereocenters. The van der Waals surface area contributed by atoms with Crippen LogP contribution in [0.1, 0.15) is 16.1 Å². The molecule has 6 heteroatoms. The molecule has 2 aromatic rings. The number of ether oxygens (including phenoxy) is 2. The number of hydrogen-bond acceptors (Lipinski definition) is 4. The van der Waals surface area contributed by atoms with Gasteiger partial charge >= 0.3 is 0 Å². The van der Waals surface area contributed by atoms with Crippen LogP contribution in [0.4, 0.5) is 0 Å². The largest absolute Gasteiger partial charge is 0.493 e. The first-order valence-electron chi connectivity index (χ1n) is 5.98. The van der Waals surface area contributed by atoms with Crippen molar-refractivity contribution in [3.8, 4) is 11.5 Å². The number of hydrogen-bond donors (Lipinski definition) is 0. The molecule has 2 rings (SSSR count). The number of methoxy groups -OCH3 is 2. The van der Waals surface area contributed by atoms with E-state index in [0.717, 1.165) is 0 Å². The second-order valence-electron chi connectivity index (χ2n) is 4.27. The molecule has 0 aliphatic carbocycles. The standard InChI is InChI=1S/C14H15ClN2O3/c1-17-5-4-10(16-17)8-12(18)9-6-11(15)14(20-3)13(7-9)19-2/h4-7H,8H2,1-3H3. The van der Waals surface area contributed by atoms with Crippen LogP contribution in [-0.4, -0.2) is 29.8 Å². The number of halogens is 1. The highest BCUT2D eigenvalue weighted by molar-refractivity contribution is 6.32. The van der Waals surface area contributed by atoms with Crippen LogP contribution in [-0.2, 0) is 13.5 Å². The number of ketones is 1. The number of carbonyl (C=O) groups is 1. The predicted octanol–water partition coefficient (Wildman–Crippen LogP) is 2.52. The van der Waals surface area contributed by atoms with Crippen molar-refractivity contribution < 1.29 is 14.3 Å². The van der Waals surface area contributed by atoms with Crippen molar-refractivity contribution in [2.45, 2.75) is 6.42 Å². The Kier molecular flexibility index (Phi) is 4.29. The van der Waals surface area contributed by atoms with Gasteiger partial charge in [-0.25, -0.2) is 0 Å². The monoisotopic (exact) mass is 294 g/mol. The number of nitrogens with zero attached hydrogens (tertiary/aromatic N) is 2. The highest BCUT2D eigenvalue weighted by Gasteiger charge is 2.16. The maximum absolute atomic E-state index is 12.2. The van der Waals surface area contributed by atoms with E-state index in [2.05, 4.69) is 5.10 Å². The fourth-order valence-electron chi connectivity index (χ4n) is 1.90. The average molecular weight is 295 g/mol. The van der Waals surface area contributed by atoms with E-state index in [4.69, 9.17) is 21.1 Å². The second-order valence-corrected chi connectivity index (χ2v) is 4.68. The van der Waals surface area contributed by atoms with E-state index < -0.39 is 0 Å². The molecule has 0 spiro atoms. The number of rotatable bonds is 5. The van der Waals surface area contributed by atoms with Crippen LogP contribution in [0.3, 0.4) is 0 Å². The van der Waals surface area contributed by atoms with E-state index in [9.17, 15) is 4.79 Å². The molecule has 0 N–H and O–H groups in total. The number of benzene rings is 1. The lowest BCUT2D eigenvalue weighted by atomic mass is 10.1. The molecule has 0 bridgehead atoms. The van der Waals surface area contributed by atoms with Crippen LogP contribution in [0, 0.1) is 0 Å². The van der Waals surface area contributed by atoms with Crippen molar-refractivity contribution in [3.05, 3.63) is 40.7 Å². The van der Waals surface area contributed by atoms with Gasteiger partial charge in [0.05, 0.1) is 31.4 Å². The topological polar surface area (TPSA) is 53.4 Å². The van der Waals surface area contributed by atoms with Crippen LogP contribution in [0.15, 0.2) is 24.4 Å². The van der Waals surface area contributed by atoms with Gasteiger partial charge in [-0.05, 0) is 18.2 Å². The molecule has 0 saturated heterocycles. The molecule has 20 heavy (non-hydrogen) atoms. The van der Waals surface area contributed by atoms with Gasteiger partial charge in [0.25, 0.3) is 0 Å². The zero-order valence-electron chi connectivity index (χ0n) is 11.5. The van der Waals surface area contributed by atoms with Gasteiger partial charge < -0.3 is 9.47 Å². The van der Waals surface area contributed by atoms with Crippen molar-refractivity contribution in [2.24, 2.45) is 7.05 Å². The molecule has 0 saturated carbocycles. The normalized spacial score (nSPS) is 10.4. The van der Waals surface area contributed by atoms with E-state index in [1.165, 1.54) is 14.2 Å². The Labute approximate surface area is 122 Å². The van der Waals surface area contributed by atoms with Gasteiger partial charge in [-0.15, -0.1) is 0 Å². The Morgan fingerprint density at radius 2 is 2.10 bits per heavy atom. The summed E-state index contributed by atoms with van der Waals surface area (Å²) in [4.78, 5) is 12.2. The van der Waals surface area contributed by atoms with E-state index in [0.29, 0.717) is 27.8 Å². The first kappa shape index (κ1) is 14.4. The maximum atomic E-state index is 12.2. The van der Waals surface area contributed by atoms with Crippen molar-refractivity contribution in [1.29, 1.82) is 0 Å². The predicted molar refractivity (Wildman–Crippen MR) is 75.8 cm³/mol. The summed E-state index contributed by atoms with van der Waals surface area (Å²) < 4.78 is 12.0. The molecule has 1 aromatic heterocycles. The van der Waals surface area contributed by atoms with E-state index in [-0.39, 0.29) is 12.2 Å². The molecule has 0 aliphatic heterocycles. The summed E-state index contributed by atoms with van der Waals surface area (Å²) in [6.45, 7) is 0. The van der Waals surface area contributed by atoms with E-state index >= 15 is 0 Å². The highest BCUT2D eigenvalue weighted by Crippen LogP contribution is 2.36. The van der Waals surface area contributed by atoms with Gasteiger partial charge in [0, 0.05) is 18.8 Å². The first-order valence-corrected chi connectivity index (χ1v) is 6.36. The minimum absolute atomic E-state index is 0.0773. The summed E-state index contributed by atoms with van der Waals surface area (Å²) in [5.41, 5.74) is 1.18. The summed E-state index contributed by atoms with van der Waals surface area (Å²) in [7, 11) is 4.81. The van der Waals surface area contributed by atoms with Gasteiger partial charge in [0.15, 0.2) is 17.3 Å². The minimum atomic E-state index is -0.0773. The van der Waals surface area contributed by atoms with Crippen molar-refractivity contribution >= 4 is 17.4 Å². The summed E-state index contributed by atoms with van der Waals surface area (Å²) in [6, 6.07) is 5.00. The molecule has 1 heterocycles. The highest BCUT2D eigenvalue weighted by atomic mass is 35.5. The lowest BCUT2D eigenvalue weighted by Crippen LogP contribution is -2.06. The molecule has 0 aliphatic rings. The van der Waals surface area contributed by atoms with E-state index in [1.54, 1.807) is 36.1 Å². The molecule has 0 radical (unpaired) electrons. The molecule has 106 valence electrons. The lowest BCUT2D eigenvalue weighted by molar-refractivity contribution is 0.0991. The Bertz CT molecular complexity index is 637. The summed E-state index contributed by atoms with van der Waals surface area (Å²) in [5, 5.41) is 4.53. The Morgan fingerprint density at radius 1 is 1.35 bits per heavy atom. The first-order chi connectivity index (χ1) is 9.55. The van der Waals surface area contributed by atoms with Gasteiger partial charge in [-0.1, -0.05) is 11.6 Å². The summed E-state index contributed by atoms with van der Waals surface area (Å²) in [6.07, 6.45) is 2.01. The number of aryl methyl sites for hydroxylation is 1. The maximum Gasteiger partial charge on any atom is 0.179 e. The summed E-state index contributed by atoms with van der Waals surface area (Å²) in [5.74, 6) is 0.777. The van der Waals surface area contributed by atoms with Gasteiger partial charge in [0.2, 0.25) is 0 Å². The van der Waals surface area contributed by atoms with Crippen LogP contribution in [0.5, 0.6) is 11.5 Å². The van der Waals surface area contributed by atoms with Crippen molar-refractivity contribution in [1.82, 2.24) is 9.78 Å². The smallest absolute Gasteiger partial charge is 0.179 e. The molecule has 1 aromatic carbocycles. The fourth-order valence-corrected chi connectivity index (χ4v) is 2.19. The van der Waals surface area contributed by atoms with Gasteiger partial charge in [-0.2, -0.15) is 5.10 Å². The number of carbonyl (C=O) groups excluding carboxylic acids is 1. The lowest BCUT2D eigenvalue weighted by Gasteiger charge is -2.11. The Balaban J connectivity index is 2.28.